The molecule has 1 amide bonds. The summed E-state index contributed by atoms with van der Waals surface area (Å²) in [5.41, 5.74) is 1.51. The summed E-state index contributed by atoms with van der Waals surface area (Å²) in [5.74, 6) is 0.396. The summed E-state index contributed by atoms with van der Waals surface area (Å²) in [7, 11) is 0. The lowest BCUT2D eigenvalue weighted by Crippen LogP contribution is -2.37. The highest BCUT2D eigenvalue weighted by atomic mass is 32.1. The molecule has 7 heteroatoms. The highest BCUT2D eigenvalue weighted by molar-refractivity contribution is 7.18. The van der Waals surface area contributed by atoms with Crippen LogP contribution in [0.15, 0.2) is 35.1 Å². The first-order chi connectivity index (χ1) is 13.9. The Kier molecular flexibility index (Phi) is 6.49. The molecule has 0 fully saturated rings. The maximum atomic E-state index is 13.5. The van der Waals surface area contributed by atoms with Gasteiger partial charge in [-0.2, -0.15) is 0 Å². The average molecular weight is 413 g/mol. The Bertz CT molecular complexity index is 1070. The number of amides is 1. The van der Waals surface area contributed by atoms with Crippen molar-refractivity contribution in [1.29, 1.82) is 0 Å². The van der Waals surface area contributed by atoms with Gasteiger partial charge < -0.3 is 5.32 Å². The van der Waals surface area contributed by atoms with Crippen LogP contribution < -0.4 is 10.9 Å². The predicted octanol–water partition coefficient (Wildman–Crippen LogP) is 4.12. The third kappa shape index (κ3) is 4.26. The van der Waals surface area contributed by atoms with Crippen molar-refractivity contribution in [2.24, 2.45) is 0 Å². The number of aromatic nitrogens is 2. The van der Waals surface area contributed by atoms with E-state index >= 15 is 0 Å². The Hall–Kier alpha value is -2.51. The lowest BCUT2D eigenvalue weighted by Gasteiger charge is -2.23. The maximum Gasteiger partial charge on any atom is 0.263 e. The molecule has 1 aromatic carbocycles. The fourth-order valence-electron chi connectivity index (χ4n) is 3.39. The molecule has 0 aliphatic carbocycles. The number of carbonyl (C=O) groups excluding carboxylic acids is 1. The van der Waals surface area contributed by atoms with Crippen LogP contribution in [-0.2, 0) is 11.3 Å². The average Bonchev–Trinajstić information content (AvgIpc) is 3.00. The zero-order chi connectivity index (χ0) is 21.1. The Labute approximate surface area is 175 Å². The van der Waals surface area contributed by atoms with Gasteiger partial charge in [0.2, 0.25) is 5.91 Å². The fraction of sp³-hybridized carbons (Fsp3) is 0.409. The third-order valence-electron chi connectivity index (χ3n) is 5.38. The minimum atomic E-state index is -0.676. The number of hydrogen-bond acceptors (Lipinski definition) is 5. The molecule has 3 rings (SSSR count). The minimum Gasteiger partial charge on any atom is -0.324 e. The topological polar surface area (TPSA) is 67.2 Å². The van der Waals surface area contributed by atoms with Gasteiger partial charge in [0, 0.05) is 10.6 Å². The second-order valence-corrected chi connectivity index (χ2v) is 8.36. The van der Waals surface area contributed by atoms with Crippen LogP contribution >= 0.6 is 11.3 Å². The third-order valence-corrected chi connectivity index (χ3v) is 6.48. The standard InChI is InChI=1S/C22H28N4O2S/c1-6-25(7-2)13-18-24-21-19(14(3)16(5)29-21)22(28)26(18)15(4)20(27)23-17-11-9-8-10-12-17/h8-12,15H,6-7,13H2,1-5H3,(H,23,27). The second-order valence-electron chi connectivity index (χ2n) is 7.16. The summed E-state index contributed by atoms with van der Waals surface area (Å²) in [6, 6.07) is 8.61. The van der Waals surface area contributed by atoms with Crippen LogP contribution in [0.2, 0.25) is 0 Å². The summed E-state index contributed by atoms with van der Waals surface area (Å²) in [4.78, 5) is 35.3. The van der Waals surface area contributed by atoms with Crippen LogP contribution in [0.1, 0.15) is 43.1 Å². The molecule has 2 heterocycles. The van der Waals surface area contributed by atoms with Gasteiger partial charge in [0.1, 0.15) is 16.7 Å². The Balaban J connectivity index is 2.09. The number of anilines is 1. The predicted molar refractivity (Wildman–Crippen MR) is 120 cm³/mol. The summed E-state index contributed by atoms with van der Waals surface area (Å²) in [6.07, 6.45) is 0. The first-order valence-corrected chi connectivity index (χ1v) is 10.8. The van der Waals surface area contributed by atoms with E-state index in [1.807, 2.05) is 44.2 Å². The van der Waals surface area contributed by atoms with E-state index < -0.39 is 6.04 Å². The van der Waals surface area contributed by atoms with Crippen molar-refractivity contribution in [2.75, 3.05) is 18.4 Å². The number of aryl methyl sites for hydroxylation is 2. The molecule has 3 aromatic rings. The molecule has 0 aliphatic rings. The van der Waals surface area contributed by atoms with Crippen LogP contribution in [-0.4, -0.2) is 33.4 Å². The van der Waals surface area contributed by atoms with Crippen molar-refractivity contribution in [3.63, 3.8) is 0 Å². The van der Waals surface area contributed by atoms with Crippen LogP contribution in [0.5, 0.6) is 0 Å². The Morgan fingerprint density at radius 1 is 1.21 bits per heavy atom. The number of carbonyl (C=O) groups is 1. The molecular weight excluding hydrogens is 384 g/mol. The first kappa shape index (κ1) is 21.2. The number of rotatable bonds is 7. The van der Waals surface area contributed by atoms with E-state index in [1.54, 1.807) is 11.5 Å². The van der Waals surface area contributed by atoms with Crippen LogP contribution in [0.25, 0.3) is 10.2 Å². The number of hydrogen-bond donors (Lipinski definition) is 1. The molecule has 29 heavy (non-hydrogen) atoms. The quantitative estimate of drug-likeness (QED) is 0.634. The molecule has 1 N–H and O–H groups in total. The number of thiophene rings is 1. The minimum absolute atomic E-state index is 0.144. The van der Waals surface area contributed by atoms with Gasteiger partial charge in [0.05, 0.1) is 11.9 Å². The lowest BCUT2D eigenvalue weighted by molar-refractivity contribution is -0.119. The number of fused-ring (bicyclic) bond motifs is 1. The number of nitrogens with zero attached hydrogens (tertiary/aromatic N) is 3. The number of benzene rings is 1. The molecule has 0 spiro atoms. The normalized spacial score (nSPS) is 12.5. The highest BCUT2D eigenvalue weighted by Crippen LogP contribution is 2.27. The monoisotopic (exact) mass is 412 g/mol. The lowest BCUT2D eigenvalue weighted by atomic mass is 10.2. The van der Waals surface area contributed by atoms with Gasteiger partial charge in [-0.15, -0.1) is 11.3 Å². The maximum absolute atomic E-state index is 13.5. The molecule has 1 unspecified atom stereocenters. The van der Waals surface area contributed by atoms with Gasteiger partial charge in [-0.3, -0.25) is 19.1 Å². The summed E-state index contributed by atoms with van der Waals surface area (Å²) in [5, 5.41) is 3.53. The largest absolute Gasteiger partial charge is 0.324 e. The summed E-state index contributed by atoms with van der Waals surface area (Å²) in [6.45, 7) is 12.1. The Morgan fingerprint density at radius 2 is 1.86 bits per heavy atom. The van der Waals surface area contributed by atoms with Crippen LogP contribution in [0, 0.1) is 13.8 Å². The molecule has 2 aromatic heterocycles. The molecular formula is C22H28N4O2S. The molecule has 1 atom stereocenters. The van der Waals surface area contributed by atoms with Crippen molar-refractivity contribution >= 4 is 33.1 Å². The molecule has 0 saturated carbocycles. The second kappa shape index (κ2) is 8.88. The fourth-order valence-corrected chi connectivity index (χ4v) is 4.43. The van der Waals surface area contributed by atoms with E-state index in [-0.39, 0.29) is 11.5 Å². The van der Waals surface area contributed by atoms with E-state index in [4.69, 9.17) is 4.98 Å². The molecule has 154 valence electrons. The van der Waals surface area contributed by atoms with Crippen LogP contribution in [0.3, 0.4) is 0 Å². The van der Waals surface area contributed by atoms with E-state index in [0.29, 0.717) is 23.4 Å². The molecule has 0 bridgehead atoms. The first-order valence-electron chi connectivity index (χ1n) is 9.96. The van der Waals surface area contributed by atoms with E-state index in [1.165, 1.54) is 11.3 Å². The summed E-state index contributed by atoms with van der Waals surface area (Å²) < 4.78 is 1.57. The van der Waals surface area contributed by atoms with Gasteiger partial charge in [0.15, 0.2) is 0 Å². The molecule has 0 saturated heterocycles. The van der Waals surface area contributed by atoms with Crippen molar-refractivity contribution in [2.45, 2.75) is 47.2 Å². The Morgan fingerprint density at radius 3 is 2.48 bits per heavy atom. The van der Waals surface area contributed by atoms with Gasteiger partial charge in [0.25, 0.3) is 5.56 Å². The van der Waals surface area contributed by atoms with E-state index in [0.717, 1.165) is 28.4 Å². The summed E-state index contributed by atoms with van der Waals surface area (Å²) >= 11 is 1.54. The molecule has 0 radical (unpaired) electrons. The molecule has 0 aliphatic heterocycles. The number of para-hydroxylation sites is 1. The van der Waals surface area contributed by atoms with Gasteiger partial charge in [-0.25, -0.2) is 4.98 Å². The highest BCUT2D eigenvalue weighted by Gasteiger charge is 2.24. The number of nitrogens with one attached hydrogen (secondary N) is 1. The smallest absolute Gasteiger partial charge is 0.263 e. The van der Waals surface area contributed by atoms with Gasteiger partial charge in [-0.1, -0.05) is 32.0 Å². The van der Waals surface area contributed by atoms with E-state index in [2.05, 4.69) is 24.1 Å². The zero-order valence-corrected chi connectivity index (χ0v) is 18.5. The van der Waals surface area contributed by atoms with Crippen molar-refractivity contribution in [3.05, 3.63) is 57.0 Å². The van der Waals surface area contributed by atoms with Crippen molar-refractivity contribution in [3.8, 4) is 0 Å². The SMILES string of the molecule is CCN(CC)Cc1nc2sc(C)c(C)c2c(=O)n1C(C)C(=O)Nc1ccccc1. The molecule has 6 nitrogen and oxygen atoms in total. The van der Waals surface area contributed by atoms with Crippen LogP contribution in [0.4, 0.5) is 5.69 Å². The van der Waals surface area contributed by atoms with Gasteiger partial charge >= 0.3 is 0 Å². The van der Waals surface area contributed by atoms with E-state index in [9.17, 15) is 9.59 Å². The van der Waals surface area contributed by atoms with Crippen molar-refractivity contribution < 1.29 is 4.79 Å². The zero-order valence-electron chi connectivity index (χ0n) is 17.7. The van der Waals surface area contributed by atoms with Crippen molar-refractivity contribution in [1.82, 2.24) is 14.5 Å². The van der Waals surface area contributed by atoms with Gasteiger partial charge in [-0.05, 0) is 51.6 Å².